The first-order chi connectivity index (χ1) is 5.25. The second kappa shape index (κ2) is 6.95. The molecule has 13 heavy (non-hydrogen) atoms. The molecule has 0 amide bonds. The summed E-state index contributed by atoms with van der Waals surface area (Å²) in [6.45, 7) is 1.90. The Kier molecular flexibility index (Phi) is 8.01. The topological polar surface area (TPSA) is 48.1 Å². The molecule has 1 unspecified atom stereocenters. The van der Waals surface area contributed by atoms with E-state index >= 15 is 0 Å². The van der Waals surface area contributed by atoms with Crippen LogP contribution in [0.2, 0.25) is 0 Å². The van der Waals surface area contributed by atoms with Crippen molar-refractivity contribution in [3.63, 3.8) is 0 Å². The molecule has 1 aromatic heterocycles. The lowest BCUT2D eigenvalue weighted by Gasteiger charge is -2.09. The summed E-state index contributed by atoms with van der Waals surface area (Å²) in [5.41, 5.74) is 6.61. The standard InChI is InChI=1S/C8H12N2O.2ClH/c1-6(9)7-5-10-4-3-8(7)11-2;;/h3-6H,9H2,1-2H3;2*1H. The Labute approximate surface area is 90.5 Å². The molecule has 0 bridgehead atoms. The first kappa shape index (κ1) is 15.0. The van der Waals surface area contributed by atoms with Crippen LogP contribution in [0, 0.1) is 0 Å². The van der Waals surface area contributed by atoms with E-state index in [0.29, 0.717) is 0 Å². The lowest BCUT2D eigenvalue weighted by atomic mass is 10.1. The number of aromatic nitrogens is 1. The van der Waals surface area contributed by atoms with E-state index < -0.39 is 0 Å². The van der Waals surface area contributed by atoms with Crippen molar-refractivity contribution in [2.24, 2.45) is 5.73 Å². The number of methoxy groups -OCH3 is 1. The molecule has 76 valence electrons. The number of rotatable bonds is 2. The van der Waals surface area contributed by atoms with E-state index in [1.165, 1.54) is 0 Å². The van der Waals surface area contributed by atoms with Gasteiger partial charge in [0.2, 0.25) is 0 Å². The average Bonchev–Trinajstić information content (AvgIpc) is 2.04. The summed E-state index contributed by atoms with van der Waals surface area (Å²) in [6.07, 6.45) is 3.41. The number of ether oxygens (including phenoxy) is 1. The summed E-state index contributed by atoms with van der Waals surface area (Å²) in [6, 6.07) is 1.78. The highest BCUT2D eigenvalue weighted by Gasteiger charge is 2.05. The van der Waals surface area contributed by atoms with Crippen molar-refractivity contribution in [2.45, 2.75) is 13.0 Å². The first-order valence-electron chi connectivity index (χ1n) is 3.49. The third-order valence-corrected chi connectivity index (χ3v) is 1.52. The number of hydrogen-bond donors (Lipinski definition) is 1. The van der Waals surface area contributed by atoms with E-state index in [9.17, 15) is 0 Å². The van der Waals surface area contributed by atoms with Crippen molar-refractivity contribution >= 4 is 24.8 Å². The molecule has 2 N–H and O–H groups in total. The summed E-state index contributed by atoms with van der Waals surface area (Å²) < 4.78 is 5.09. The van der Waals surface area contributed by atoms with Crippen molar-refractivity contribution in [3.05, 3.63) is 24.0 Å². The number of nitrogens with zero attached hydrogens (tertiary/aromatic N) is 1. The van der Waals surface area contributed by atoms with E-state index in [0.717, 1.165) is 11.3 Å². The largest absolute Gasteiger partial charge is 0.496 e. The zero-order valence-electron chi connectivity index (χ0n) is 7.56. The molecule has 0 radical (unpaired) electrons. The van der Waals surface area contributed by atoms with Crippen LogP contribution in [0.25, 0.3) is 0 Å². The Hall–Kier alpha value is -0.510. The summed E-state index contributed by atoms with van der Waals surface area (Å²) in [5.74, 6) is 0.801. The second-order valence-electron chi connectivity index (χ2n) is 2.41. The van der Waals surface area contributed by atoms with Crippen LogP contribution in [0.15, 0.2) is 18.5 Å². The van der Waals surface area contributed by atoms with Gasteiger partial charge in [-0.25, -0.2) is 0 Å². The SMILES string of the molecule is COc1ccncc1C(C)N.Cl.Cl. The predicted octanol–water partition coefficient (Wildman–Crippen LogP) is 1.95. The molecule has 0 aliphatic heterocycles. The van der Waals surface area contributed by atoms with Gasteiger partial charge in [-0.1, -0.05) is 0 Å². The van der Waals surface area contributed by atoms with Gasteiger partial charge in [-0.2, -0.15) is 0 Å². The van der Waals surface area contributed by atoms with Crippen molar-refractivity contribution in [3.8, 4) is 5.75 Å². The molecule has 0 saturated carbocycles. The van der Waals surface area contributed by atoms with Crippen LogP contribution < -0.4 is 10.5 Å². The third-order valence-electron chi connectivity index (χ3n) is 1.52. The van der Waals surface area contributed by atoms with Gasteiger partial charge < -0.3 is 10.5 Å². The molecular weight excluding hydrogens is 211 g/mol. The summed E-state index contributed by atoms with van der Waals surface area (Å²) in [5, 5.41) is 0. The molecule has 1 aromatic rings. The predicted molar refractivity (Wildman–Crippen MR) is 57.9 cm³/mol. The number of pyridine rings is 1. The van der Waals surface area contributed by atoms with E-state index in [-0.39, 0.29) is 30.9 Å². The van der Waals surface area contributed by atoms with Crippen LogP contribution in [0.3, 0.4) is 0 Å². The van der Waals surface area contributed by atoms with E-state index in [2.05, 4.69) is 4.98 Å². The van der Waals surface area contributed by atoms with Gasteiger partial charge in [0.1, 0.15) is 5.75 Å². The molecule has 0 fully saturated rings. The zero-order chi connectivity index (χ0) is 8.27. The van der Waals surface area contributed by atoms with Crippen LogP contribution in [0.1, 0.15) is 18.5 Å². The van der Waals surface area contributed by atoms with Crippen molar-refractivity contribution < 1.29 is 4.74 Å². The lowest BCUT2D eigenvalue weighted by molar-refractivity contribution is 0.406. The Morgan fingerprint density at radius 1 is 1.46 bits per heavy atom. The zero-order valence-corrected chi connectivity index (χ0v) is 9.19. The number of nitrogens with two attached hydrogens (primary N) is 1. The van der Waals surface area contributed by atoms with Crippen LogP contribution in [-0.4, -0.2) is 12.1 Å². The molecule has 1 heterocycles. The highest BCUT2D eigenvalue weighted by atomic mass is 35.5. The molecule has 3 nitrogen and oxygen atoms in total. The minimum absolute atomic E-state index is 0. The maximum absolute atomic E-state index is 5.67. The Balaban J connectivity index is 0. The second-order valence-corrected chi connectivity index (χ2v) is 2.41. The normalized spacial score (nSPS) is 10.7. The fourth-order valence-electron chi connectivity index (χ4n) is 0.922. The Morgan fingerprint density at radius 3 is 2.46 bits per heavy atom. The summed E-state index contributed by atoms with van der Waals surface area (Å²) in [7, 11) is 1.63. The van der Waals surface area contributed by atoms with Crippen molar-refractivity contribution in [1.82, 2.24) is 4.98 Å². The molecule has 1 atom stereocenters. The number of halogens is 2. The van der Waals surface area contributed by atoms with Gasteiger partial charge in [-0.05, 0) is 13.0 Å². The van der Waals surface area contributed by atoms with E-state index in [1.807, 2.05) is 6.92 Å². The van der Waals surface area contributed by atoms with Crippen molar-refractivity contribution in [2.75, 3.05) is 7.11 Å². The molecule has 0 spiro atoms. The minimum Gasteiger partial charge on any atom is -0.496 e. The molecule has 0 aliphatic rings. The maximum Gasteiger partial charge on any atom is 0.126 e. The van der Waals surface area contributed by atoms with Gasteiger partial charge in [0.15, 0.2) is 0 Å². The molecule has 0 aromatic carbocycles. The highest BCUT2D eigenvalue weighted by Crippen LogP contribution is 2.20. The lowest BCUT2D eigenvalue weighted by Crippen LogP contribution is -2.07. The van der Waals surface area contributed by atoms with Gasteiger partial charge in [0, 0.05) is 24.0 Å². The van der Waals surface area contributed by atoms with Gasteiger partial charge >= 0.3 is 0 Å². The molecule has 0 saturated heterocycles. The molecule has 0 aliphatic carbocycles. The van der Waals surface area contributed by atoms with Crippen LogP contribution in [0.5, 0.6) is 5.75 Å². The third kappa shape index (κ3) is 3.81. The Morgan fingerprint density at radius 2 is 2.08 bits per heavy atom. The first-order valence-corrected chi connectivity index (χ1v) is 3.49. The van der Waals surface area contributed by atoms with E-state index in [1.54, 1.807) is 25.6 Å². The minimum atomic E-state index is -0.0290. The van der Waals surface area contributed by atoms with Gasteiger partial charge in [0.05, 0.1) is 7.11 Å². The fraction of sp³-hybridized carbons (Fsp3) is 0.375. The highest BCUT2D eigenvalue weighted by molar-refractivity contribution is 5.85. The average molecular weight is 225 g/mol. The molecule has 1 rings (SSSR count). The maximum atomic E-state index is 5.67. The summed E-state index contributed by atoms with van der Waals surface area (Å²) >= 11 is 0. The smallest absolute Gasteiger partial charge is 0.126 e. The van der Waals surface area contributed by atoms with Gasteiger partial charge in [-0.15, -0.1) is 24.8 Å². The fourth-order valence-corrected chi connectivity index (χ4v) is 0.922. The monoisotopic (exact) mass is 224 g/mol. The Bertz CT molecular complexity index is 243. The van der Waals surface area contributed by atoms with Gasteiger partial charge in [-0.3, -0.25) is 4.98 Å². The molecular formula is C8H14Cl2N2O. The number of hydrogen-bond acceptors (Lipinski definition) is 3. The quantitative estimate of drug-likeness (QED) is 0.836. The summed E-state index contributed by atoms with van der Waals surface area (Å²) in [4.78, 5) is 3.95. The van der Waals surface area contributed by atoms with Crippen LogP contribution in [-0.2, 0) is 0 Å². The van der Waals surface area contributed by atoms with Crippen LogP contribution >= 0.6 is 24.8 Å². The van der Waals surface area contributed by atoms with Gasteiger partial charge in [0.25, 0.3) is 0 Å². The van der Waals surface area contributed by atoms with Crippen molar-refractivity contribution in [1.29, 1.82) is 0 Å². The molecule has 5 heteroatoms. The van der Waals surface area contributed by atoms with Crippen LogP contribution in [0.4, 0.5) is 0 Å². The van der Waals surface area contributed by atoms with E-state index in [4.69, 9.17) is 10.5 Å².